The molecule has 0 radical (unpaired) electrons. The Labute approximate surface area is 179 Å². The van der Waals surface area contributed by atoms with Crippen molar-refractivity contribution in [2.45, 2.75) is 11.3 Å². The van der Waals surface area contributed by atoms with Crippen molar-refractivity contribution in [3.63, 3.8) is 0 Å². The summed E-state index contributed by atoms with van der Waals surface area (Å²) in [5.74, 6) is -0.893. The minimum absolute atomic E-state index is 0.0733. The summed E-state index contributed by atoms with van der Waals surface area (Å²) in [5.41, 5.74) is 1.22. The van der Waals surface area contributed by atoms with Gasteiger partial charge in [0.05, 0.1) is 24.8 Å². The minimum Gasteiger partial charge on any atom is -0.468 e. The SMILES string of the molecule is COC(=O)CSc1nnc(NC(=O)CN(c2ccc(Br)c(C)c2)S(C)(=O)=O)s1. The van der Waals surface area contributed by atoms with Crippen molar-refractivity contribution in [1.29, 1.82) is 0 Å². The number of nitrogens with one attached hydrogen (secondary N) is 1. The Kier molecular flexibility index (Phi) is 7.80. The van der Waals surface area contributed by atoms with Gasteiger partial charge in [0.1, 0.15) is 6.54 Å². The molecule has 0 spiro atoms. The van der Waals surface area contributed by atoms with E-state index in [9.17, 15) is 18.0 Å². The molecule has 28 heavy (non-hydrogen) atoms. The number of rotatable bonds is 8. The third-order valence-corrected chi connectivity index (χ3v) is 7.29. The van der Waals surface area contributed by atoms with Gasteiger partial charge in [-0.05, 0) is 30.7 Å². The normalized spacial score (nSPS) is 11.1. The van der Waals surface area contributed by atoms with Gasteiger partial charge in [-0.25, -0.2) is 8.42 Å². The van der Waals surface area contributed by atoms with E-state index in [1.165, 1.54) is 7.11 Å². The van der Waals surface area contributed by atoms with Gasteiger partial charge in [-0.3, -0.25) is 19.2 Å². The van der Waals surface area contributed by atoms with Gasteiger partial charge in [-0.2, -0.15) is 0 Å². The molecule has 1 amide bonds. The van der Waals surface area contributed by atoms with E-state index in [2.05, 4.69) is 36.2 Å². The number of nitrogens with zero attached hydrogens (tertiary/aromatic N) is 3. The van der Waals surface area contributed by atoms with Crippen molar-refractivity contribution < 1.29 is 22.7 Å². The van der Waals surface area contributed by atoms with Gasteiger partial charge in [0.2, 0.25) is 21.1 Å². The third-order valence-electron chi connectivity index (χ3n) is 3.31. The maximum atomic E-state index is 12.3. The van der Waals surface area contributed by atoms with Crippen LogP contribution in [0.1, 0.15) is 5.56 Å². The average Bonchev–Trinajstić information content (AvgIpc) is 3.06. The van der Waals surface area contributed by atoms with E-state index >= 15 is 0 Å². The smallest absolute Gasteiger partial charge is 0.316 e. The lowest BCUT2D eigenvalue weighted by atomic mass is 10.2. The van der Waals surface area contributed by atoms with Crippen molar-refractivity contribution in [1.82, 2.24) is 10.2 Å². The molecule has 0 unspecified atom stereocenters. The fraction of sp³-hybridized carbons (Fsp3) is 0.333. The molecule has 9 nitrogen and oxygen atoms in total. The first-order valence-electron chi connectivity index (χ1n) is 7.67. The van der Waals surface area contributed by atoms with Gasteiger partial charge >= 0.3 is 5.97 Å². The maximum Gasteiger partial charge on any atom is 0.316 e. The van der Waals surface area contributed by atoms with Crippen LogP contribution in [0.3, 0.4) is 0 Å². The van der Waals surface area contributed by atoms with Gasteiger partial charge in [0, 0.05) is 4.47 Å². The molecule has 0 saturated heterocycles. The molecule has 0 aliphatic heterocycles. The minimum atomic E-state index is -3.68. The molecule has 152 valence electrons. The van der Waals surface area contributed by atoms with Crippen LogP contribution in [0.5, 0.6) is 0 Å². The number of amides is 1. The Morgan fingerprint density at radius 2 is 2.07 bits per heavy atom. The van der Waals surface area contributed by atoms with Gasteiger partial charge in [-0.15, -0.1) is 10.2 Å². The number of aryl methyl sites for hydroxylation is 1. The van der Waals surface area contributed by atoms with E-state index in [-0.39, 0.29) is 10.9 Å². The number of thioether (sulfide) groups is 1. The first kappa shape index (κ1) is 22.6. The Balaban J connectivity index is 2.07. The van der Waals surface area contributed by atoms with Crippen LogP contribution >= 0.6 is 39.0 Å². The lowest BCUT2D eigenvalue weighted by Gasteiger charge is -2.22. The topological polar surface area (TPSA) is 119 Å². The molecule has 2 aromatic rings. The first-order chi connectivity index (χ1) is 13.1. The number of hydrogen-bond acceptors (Lipinski definition) is 9. The number of aromatic nitrogens is 2. The van der Waals surface area contributed by atoms with Crippen LogP contribution in [0.15, 0.2) is 27.0 Å². The van der Waals surface area contributed by atoms with Crippen LogP contribution in [0, 0.1) is 6.92 Å². The summed E-state index contributed by atoms with van der Waals surface area (Å²) in [6.07, 6.45) is 1.03. The zero-order chi connectivity index (χ0) is 20.9. The number of esters is 1. The molecule has 0 aliphatic carbocycles. The second kappa shape index (κ2) is 9.67. The molecule has 13 heteroatoms. The third kappa shape index (κ3) is 6.43. The zero-order valence-electron chi connectivity index (χ0n) is 15.1. The Morgan fingerprint density at radius 1 is 1.36 bits per heavy atom. The van der Waals surface area contributed by atoms with Crippen molar-refractivity contribution in [3.05, 3.63) is 28.2 Å². The number of benzene rings is 1. The van der Waals surface area contributed by atoms with E-state index in [4.69, 9.17) is 0 Å². The molecule has 0 atom stereocenters. The summed E-state index contributed by atoms with van der Waals surface area (Å²) in [4.78, 5) is 23.5. The number of methoxy groups -OCH3 is 1. The fourth-order valence-corrected chi connectivity index (χ4v) is 4.67. The summed E-state index contributed by atoms with van der Waals surface area (Å²) in [7, 11) is -2.39. The second-order valence-corrected chi connectivity index (χ2v) is 10.5. The molecule has 2 rings (SSSR count). The maximum absolute atomic E-state index is 12.3. The molecule has 1 heterocycles. The molecule has 1 aromatic carbocycles. The number of halogens is 1. The summed E-state index contributed by atoms with van der Waals surface area (Å²) in [6.45, 7) is 1.41. The number of anilines is 2. The monoisotopic (exact) mass is 508 g/mol. The summed E-state index contributed by atoms with van der Waals surface area (Å²) < 4.78 is 31.2. The molecule has 0 saturated carbocycles. The number of hydrogen-bond donors (Lipinski definition) is 1. The van der Waals surface area contributed by atoms with Crippen LogP contribution in [0.4, 0.5) is 10.8 Å². The highest BCUT2D eigenvalue weighted by molar-refractivity contribution is 9.10. The predicted octanol–water partition coefficient (Wildman–Crippen LogP) is 2.28. The molecule has 1 N–H and O–H groups in total. The van der Waals surface area contributed by atoms with Crippen molar-refractivity contribution in [2.75, 3.05) is 35.3 Å². The van der Waals surface area contributed by atoms with Gasteiger partial charge in [0.25, 0.3) is 0 Å². The van der Waals surface area contributed by atoms with Crippen LogP contribution in [-0.2, 0) is 24.3 Å². The largest absolute Gasteiger partial charge is 0.468 e. The van der Waals surface area contributed by atoms with Gasteiger partial charge < -0.3 is 4.74 Å². The zero-order valence-corrected chi connectivity index (χ0v) is 19.2. The molecule has 0 fully saturated rings. The van der Waals surface area contributed by atoms with E-state index in [0.29, 0.717) is 10.0 Å². The van der Waals surface area contributed by atoms with E-state index in [1.54, 1.807) is 18.2 Å². The molecule has 0 aliphatic rings. The molecular formula is C15H17BrN4O5S3. The fourth-order valence-electron chi connectivity index (χ4n) is 1.97. The van der Waals surface area contributed by atoms with E-state index < -0.39 is 28.4 Å². The van der Waals surface area contributed by atoms with Crippen molar-refractivity contribution in [2.24, 2.45) is 0 Å². The molecular weight excluding hydrogens is 492 g/mol. The van der Waals surface area contributed by atoms with Crippen molar-refractivity contribution in [3.8, 4) is 0 Å². The number of ether oxygens (including phenoxy) is 1. The standard InChI is InChI=1S/C15H17BrN4O5S3/c1-9-6-10(4-5-11(9)16)20(28(3,23)24)7-12(21)17-14-18-19-15(27-14)26-8-13(22)25-2/h4-6H,7-8H2,1-3H3,(H,17,18,21). The molecule has 0 bridgehead atoms. The summed E-state index contributed by atoms with van der Waals surface area (Å²) in [6, 6.07) is 5.00. The summed E-state index contributed by atoms with van der Waals surface area (Å²) in [5, 5.41) is 10.4. The predicted molar refractivity (Wildman–Crippen MR) is 112 cm³/mol. The quantitative estimate of drug-likeness (QED) is 0.327. The van der Waals surface area contributed by atoms with Crippen LogP contribution in [0.25, 0.3) is 0 Å². The highest BCUT2D eigenvalue weighted by atomic mass is 79.9. The highest BCUT2D eigenvalue weighted by Crippen LogP contribution is 2.27. The lowest BCUT2D eigenvalue weighted by molar-refractivity contribution is -0.137. The molecule has 1 aromatic heterocycles. The number of sulfonamides is 1. The van der Waals surface area contributed by atoms with Crippen LogP contribution in [0.2, 0.25) is 0 Å². The Morgan fingerprint density at radius 3 is 2.68 bits per heavy atom. The number of carbonyl (C=O) groups is 2. The van der Waals surface area contributed by atoms with E-state index in [1.807, 2.05) is 6.92 Å². The average molecular weight is 509 g/mol. The van der Waals surface area contributed by atoms with Gasteiger partial charge in [0.15, 0.2) is 4.34 Å². The van der Waals surface area contributed by atoms with Crippen LogP contribution in [-0.4, -0.2) is 56.2 Å². The van der Waals surface area contributed by atoms with Gasteiger partial charge in [-0.1, -0.05) is 39.0 Å². The number of carbonyl (C=O) groups excluding carboxylic acids is 2. The lowest BCUT2D eigenvalue weighted by Crippen LogP contribution is -2.37. The first-order valence-corrected chi connectivity index (χ1v) is 12.1. The summed E-state index contributed by atoms with van der Waals surface area (Å²) >= 11 is 5.56. The van der Waals surface area contributed by atoms with Crippen molar-refractivity contribution >= 4 is 71.7 Å². The van der Waals surface area contributed by atoms with E-state index in [0.717, 1.165) is 43.7 Å². The Hall–Kier alpha value is -1.70. The highest BCUT2D eigenvalue weighted by Gasteiger charge is 2.22. The van der Waals surface area contributed by atoms with Crippen LogP contribution < -0.4 is 9.62 Å². The second-order valence-electron chi connectivity index (χ2n) is 5.49. The Bertz CT molecular complexity index is 980.